The highest BCUT2D eigenvalue weighted by atomic mass is 16.5. The first-order valence-corrected chi connectivity index (χ1v) is 10.7. The number of aromatic nitrogens is 2. The number of benzene rings is 2. The van der Waals surface area contributed by atoms with Crippen LogP contribution in [-0.2, 0) is 0 Å². The zero-order chi connectivity index (χ0) is 23.8. The lowest BCUT2D eigenvalue weighted by molar-refractivity contribution is 0.0943. The van der Waals surface area contributed by atoms with Crippen molar-refractivity contribution in [3.63, 3.8) is 0 Å². The predicted octanol–water partition coefficient (Wildman–Crippen LogP) is 3.80. The molecule has 3 rings (SSSR count). The highest BCUT2D eigenvalue weighted by Gasteiger charge is 2.13. The Bertz CT molecular complexity index is 1080. The lowest BCUT2D eigenvalue weighted by Gasteiger charge is -2.16. The second kappa shape index (κ2) is 11.1. The van der Waals surface area contributed by atoms with E-state index in [1.807, 2.05) is 45.0 Å². The smallest absolute Gasteiger partial charge is 0.323 e. The fourth-order valence-corrected chi connectivity index (χ4v) is 3.04. The topological polar surface area (TPSA) is 111 Å². The van der Waals surface area contributed by atoms with Gasteiger partial charge in [-0.1, -0.05) is 12.1 Å². The van der Waals surface area contributed by atoms with Crippen LogP contribution in [-0.4, -0.2) is 60.3 Å². The van der Waals surface area contributed by atoms with Crippen LogP contribution in [0.4, 0.5) is 16.2 Å². The Morgan fingerprint density at radius 3 is 2.61 bits per heavy atom. The standard InChI is InChI=1S/C24H30N6O3/c1-16(2)27-23(31)18-6-5-7-20(12-18)28-24(32)29-21-9-8-17(19-14-25-26-15-19)13-22(21)33-11-10-30(3)4/h5-9,12-16H,10-11H2,1-4H3,(H,25,26)(H,27,31)(H2,28,29,32). The molecule has 0 saturated carbocycles. The first-order chi connectivity index (χ1) is 15.8. The molecule has 0 fully saturated rings. The van der Waals surface area contributed by atoms with Crippen LogP contribution < -0.4 is 20.7 Å². The summed E-state index contributed by atoms with van der Waals surface area (Å²) in [5.74, 6) is 0.358. The number of nitrogens with one attached hydrogen (secondary N) is 4. The SMILES string of the molecule is CC(C)NC(=O)c1cccc(NC(=O)Nc2ccc(-c3cn[nH]c3)cc2OCCN(C)C)c1. The Kier molecular flexibility index (Phi) is 8.04. The Morgan fingerprint density at radius 1 is 1.09 bits per heavy atom. The van der Waals surface area contributed by atoms with Gasteiger partial charge in [-0.25, -0.2) is 4.79 Å². The van der Waals surface area contributed by atoms with Crippen molar-refractivity contribution in [1.82, 2.24) is 20.4 Å². The average molecular weight is 451 g/mol. The summed E-state index contributed by atoms with van der Waals surface area (Å²) < 4.78 is 5.96. The minimum atomic E-state index is -0.440. The van der Waals surface area contributed by atoms with E-state index in [4.69, 9.17) is 4.74 Å². The summed E-state index contributed by atoms with van der Waals surface area (Å²) in [4.78, 5) is 26.9. The molecule has 3 aromatic rings. The van der Waals surface area contributed by atoms with Crippen molar-refractivity contribution in [2.45, 2.75) is 19.9 Å². The van der Waals surface area contributed by atoms with Crippen molar-refractivity contribution in [1.29, 1.82) is 0 Å². The van der Waals surface area contributed by atoms with Gasteiger partial charge >= 0.3 is 6.03 Å². The molecule has 0 unspecified atom stereocenters. The molecule has 2 aromatic carbocycles. The molecule has 174 valence electrons. The number of hydrogen-bond acceptors (Lipinski definition) is 5. The molecule has 33 heavy (non-hydrogen) atoms. The molecule has 3 amide bonds. The third kappa shape index (κ3) is 7.08. The lowest BCUT2D eigenvalue weighted by atomic mass is 10.1. The fraction of sp³-hybridized carbons (Fsp3) is 0.292. The summed E-state index contributed by atoms with van der Waals surface area (Å²) in [5.41, 5.74) is 3.35. The molecule has 0 aliphatic carbocycles. The third-order valence-corrected chi connectivity index (χ3v) is 4.66. The Morgan fingerprint density at radius 2 is 1.91 bits per heavy atom. The summed E-state index contributed by atoms with van der Waals surface area (Å²) >= 11 is 0. The molecule has 0 bridgehead atoms. The van der Waals surface area contributed by atoms with E-state index in [2.05, 4.69) is 26.1 Å². The normalized spacial score (nSPS) is 10.8. The molecule has 1 aromatic heterocycles. The zero-order valence-electron chi connectivity index (χ0n) is 19.3. The largest absolute Gasteiger partial charge is 0.490 e. The van der Waals surface area contributed by atoms with Gasteiger partial charge < -0.3 is 25.6 Å². The number of H-pyrrole nitrogens is 1. The van der Waals surface area contributed by atoms with E-state index < -0.39 is 6.03 Å². The Balaban J connectivity index is 1.73. The maximum atomic E-state index is 12.7. The van der Waals surface area contributed by atoms with Gasteiger partial charge in [0, 0.05) is 35.6 Å². The maximum Gasteiger partial charge on any atom is 0.323 e. The Hall–Kier alpha value is -3.85. The van der Waals surface area contributed by atoms with Gasteiger partial charge in [-0.3, -0.25) is 9.89 Å². The first-order valence-electron chi connectivity index (χ1n) is 10.7. The molecule has 0 saturated heterocycles. The molecule has 4 N–H and O–H groups in total. The fourth-order valence-electron chi connectivity index (χ4n) is 3.04. The van der Waals surface area contributed by atoms with Gasteiger partial charge in [0.25, 0.3) is 5.91 Å². The van der Waals surface area contributed by atoms with Crippen LogP contribution in [0.1, 0.15) is 24.2 Å². The number of amides is 3. The van der Waals surface area contributed by atoms with Crippen molar-refractivity contribution in [3.05, 3.63) is 60.4 Å². The van der Waals surface area contributed by atoms with Crippen molar-refractivity contribution >= 4 is 23.3 Å². The molecular formula is C24H30N6O3. The van der Waals surface area contributed by atoms with Crippen molar-refractivity contribution in [2.75, 3.05) is 37.9 Å². The number of anilines is 2. The average Bonchev–Trinajstić information content (AvgIpc) is 3.29. The summed E-state index contributed by atoms with van der Waals surface area (Å²) in [7, 11) is 3.93. The van der Waals surface area contributed by atoms with Gasteiger partial charge in [0.2, 0.25) is 0 Å². The van der Waals surface area contributed by atoms with Crippen LogP contribution in [0, 0.1) is 0 Å². The van der Waals surface area contributed by atoms with Gasteiger partial charge in [0.05, 0.1) is 11.9 Å². The molecule has 9 heteroatoms. The minimum Gasteiger partial charge on any atom is -0.490 e. The molecule has 9 nitrogen and oxygen atoms in total. The molecule has 0 atom stereocenters. The number of ether oxygens (including phenoxy) is 1. The lowest BCUT2D eigenvalue weighted by Crippen LogP contribution is -2.30. The van der Waals surface area contributed by atoms with Crippen LogP contribution in [0.3, 0.4) is 0 Å². The van der Waals surface area contributed by atoms with Crippen molar-refractivity contribution in [3.8, 4) is 16.9 Å². The second-order valence-electron chi connectivity index (χ2n) is 8.14. The molecular weight excluding hydrogens is 420 g/mol. The number of carbonyl (C=O) groups excluding carboxylic acids is 2. The number of carbonyl (C=O) groups is 2. The van der Waals surface area contributed by atoms with Gasteiger partial charge in [-0.05, 0) is 63.8 Å². The van der Waals surface area contributed by atoms with E-state index in [1.54, 1.807) is 42.7 Å². The molecule has 0 spiro atoms. The second-order valence-corrected chi connectivity index (χ2v) is 8.14. The van der Waals surface area contributed by atoms with Crippen LogP contribution >= 0.6 is 0 Å². The number of rotatable bonds is 9. The van der Waals surface area contributed by atoms with E-state index in [1.165, 1.54) is 0 Å². The molecule has 0 aliphatic heterocycles. The van der Waals surface area contributed by atoms with E-state index in [0.29, 0.717) is 29.3 Å². The first kappa shape index (κ1) is 23.8. The number of hydrogen-bond donors (Lipinski definition) is 4. The van der Waals surface area contributed by atoms with Gasteiger partial charge in [-0.15, -0.1) is 0 Å². The zero-order valence-corrected chi connectivity index (χ0v) is 19.3. The summed E-state index contributed by atoms with van der Waals surface area (Å²) in [6.07, 6.45) is 3.52. The van der Waals surface area contributed by atoms with E-state index in [9.17, 15) is 9.59 Å². The van der Waals surface area contributed by atoms with E-state index in [-0.39, 0.29) is 11.9 Å². The van der Waals surface area contributed by atoms with Crippen LogP contribution in [0.15, 0.2) is 54.9 Å². The van der Waals surface area contributed by atoms with Gasteiger partial charge in [0.1, 0.15) is 12.4 Å². The van der Waals surface area contributed by atoms with E-state index >= 15 is 0 Å². The molecule has 0 radical (unpaired) electrons. The summed E-state index contributed by atoms with van der Waals surface area (Å²) in [6, 6.07) is 11.9. The van der Waals surface area contributed by atoms with E-state index in [0.717, 1.165) is 17.7 Å². The summed E-state index contributed by atoms with van der Waals surface area (Å²) in [5, 5.41) is 15.2. The maximum absolute atomic E-state index is 12.7. The third-order valence-electron chi connectivity index (χ3n) is 4.66. The molecule has 1 heterocycles. The van der Waals surface area contributed by atoms with Crippen LogP contribution in [0.25, 0.3) is 11.1 Å². The predicted molar refractivity (Wildman–Crippen MR) is 130 cm³/mol. The number of urea groups is 1. The number of likely N-dealkylation sites (N-methyl/N-ethyl adjacent to an activating group) is 1. The van der Waals surface area contributed by atoms with Crippen molar-refractivity contribution < 1.29 is 14.3 Å². The van der Waals surface area contributed by atoms with Gasteiger partial charge in [0.15, 0.2) is 0 Å². The van der Waals surface area contributed by atoms with Crippen molar-refractivity contribution in [2.24, 2.45) is 0 Å². The minimum absolute atomic E-state index is 0.0216. The monoisotopic (exact) mass is 450 g/mol. The summed E-state index contributed by atoms with van der Waals surface area (Å²) in [6.45, 7) is 4.98. The van der Waals surface area contributed by atoms with Crippen LogP contribution in [0.5, 0.6) is 5.75 Å². The van der Waals surface area contributed by atoms with Crippen LogP contribution in [0.2, 0.25) is 0 Å². The highest BCUT2D eigenvalue weighted by Crippen LogP contribution is 2.31. The number of aromatic amines is 1. The Labute approximate surface area is 193 Å². The van der Waals surface area contributed by atoms with Gasteiger partial charge in [-0.2, -0.15) is 5.10 Å². The highest BCUT2D eigenvalue weighted by molar-refractivity contribution is 6.02. The number of nitrogens with zero attached hydrogens (tertiary/aromatic N) is 2. The molecule has 0 aliphatic rings. The quantitative estimate of drug-likeness (QED) is 0.396.